The largest absolute Gasteiger partial charge is 0.473 e. The molecular weight excluding hydrogens is 471 g/mol. The van der Waals surface area contributed by atoms with Crippen LogP contribution < -0.4 is 10.1 Å². The Morgan fingerprint density at radius 3 is 2.77 bits per heavy atom. The van der Waals surface area contributed by atoms with Crippen LogP contribution in [0.15, 0.2) is 18.5 Å². The molecule has 0 unspecified atom stereocenters. The van der Waals surface area contributed by atoms with Crippen LogP contribution >= 0.6 is 35.0 Å². The number of nitrogens with one attached hydrogen (secondary N) is 1. The second-order valence-corrected chi connectivity index (χ2v) is 7.27. The van der Waals surface area contributed by atoms with Crippen LogP contribution in [0.2, 0.25) is 0 Å². The summed E-state index contributed by atoms with van der Waals surface area (Å²) in [6.07, 6.45) is 5.54. The van der Waals surface area contributed by atoms with Crippen molar-refractivity contribution in [3.05, 3.63) is 27.9 Å². The number of carbonyl (C=O) groups is 1. The molecule has 3 rings (SSSR count). The number of piperidine rings is 1. The topological polar surface area (TPSA) is 85.2 Å². The van der Waals surface area contributed by atoms with Crippen LogP contribution in [0.3, 0.4) is 0 Å². The molecule has 1 N–H and O–H groups in total. The van der Waals surface area contributed by atoms with E-state index >= 15 is 0 Å². The Balaban J connectivity index is 0.00000243. The smallest absolute Gasteiger partial charge is 0.236 e. The first kappa shape index (κ1) is 20.8. The second kappa shape index (κ2) is 9.47. The molecule has 1 amide bonds. The van der Waals surface area contributed by atoms with Crippen molar-refractivity contribution in [2.24, 2.45) is 7.05 Å². The summed E-state index contributed by atoms with van der Waals surface area (Å²) in [5, 5.41) is 6.91. The van der Waals surface area contributed by atoms with Crippen molar-refractivity contribution in [1.29, 1.82) is 0 Å². The molecule has 0 bridgehead atoms. The second-order valence-electron chi connectivity index (χ2n) is 6.16. The normalized spacial score (nSPS) is 15.3. The molecule has 0 saturated carbocycles. The van der Waals surface area contributed by atoms with Gasteiger partial charge in [-0.05, 0) is 42.5 Å². The van der Waals surface area contributed by atoms with E-state index in [1.807, 2.05) is 0 Å². The maximum atomic E-state index is 12.3. The number of carbonyl (C=O) groups excluding carboxylic acids is 1. The lowest BCUT2D eigenvalue weighted by atomic mass is 10.1. The lowest BCUT2D eigenvalue weighted by Gasteiger charge is -2.29. The minimum Gasteiger partial charge on any atom is -0.473 e. The number of likely N-dealkylation sites (tertiary alicyclic amines) is 1. The highest BCUT2D eigenvalue weighted by atomic mass is 127. The number of halogens is 2. The molecular formula is C16H22ClIN6O2. The number of anilines is 1. The highest BCUT2D eigenvalue weighted by molar-refractivity contribution is 14.1. The fourth-order valence-electron chi connectivity index (χ4n) is 2.69. The Hall–Kier alpha value is -1.46. The molecule has 0 radical (unpaired) electrons. The molecule has 2 aromatic heterocycles. The number of hydrogen-bond donors (Lipinski definition) is 1. The highest BCUT2D eigenvalue weighted by Crippen LogP contribution is 2.21. The number of nitrogens with zero attached hydrogens (tertiary/aromatic N) is 5. The molecule has 142 valence electrons. The van der Waals surface area contributed by atoms with Crippen LogP contribution in [0.5, 0.6) is 5.88 Å². The minimum atomic E-state index is -0.191. The van der Waals surface area contributed by atoms with E-state index in [-0.39, 0.29) is 30.8 Å². The molecule has 2 aromatic rings. The molecule has 3 heterocycles. The predicted molar refractivity (Wildman–Crippen MR) is 109 cm³/mol. The SMILES string of the molecule is CN1CCC(Oc2ncc(I)nc2CC(=O)Nc2ccn(C)n2)CC1.Cl. The molecule has 26 heavy (non-hydrogen) atoms. The summed E-state index contributed by atoms with van der Waals surface area (Å²) in [5.41, 5.74) is 0.555. The van der Waals surface area contributed by atoms with E-state index in [9.17, 15) is 4.79 Å². The van der Waals surface area contributed by atoms with Crippen LogP contribution in [0.1, 0.15) is 18.5 Å². The Morgan fingerprint density at radius 1 is 1.38 bits per heavy atom. The van der Waals surface area contributed by atoms with Gasteiger partial charge in [0.2, 0.25) is 11.8 Å². The summed E-state index contributed by atoms with van der Waals surface area (Å²) in [6, 6.07) is 1.74. The van der Waals surface area contributed by atoms with E-state index in [1.54, 1.807) is 30.2 Å². The fraction of sp³-hybridized carbons (Fsp3) is 0.500. The van der Waals surface area contributed by atoms with E-state index < -0.39 is 0 Å². The monoisotopic (exact) mass is 492 g/mol. The lowest BCUT2D eigenvalue weighted by molar-refractivity contribution is -0.115. The van der Waals surface area contributed by atoms with Gasteiger partial charge in [-0.25, -0.2) is 9.97 Å². The van der Waals surface area contributed by atoms with Crippen molar-refractivity contribution in [2.45, 2.75) is 25.4 Å². The quantitative estimate of drug-likeness (QED) is 0.642. The van der Waals surface area contributed by atoms with Crippen molar-refractivity contribution in [2.75, 3.05) is 25.5 Å². The standard InChI is InChI=1S/C16H21IN6O2.ClH/c1-22-6-3-11(4-7-22)25-16-12(19-13(17)10-18-16)9-15(24)20-14-5-8-23(2)21-14;/h5,8,10-11H,3-4,6-7,9H2,1-2H3,(H,20,21,24);1H. The molecule has 1 aliphatic heterocycles. The molecule has 0 aliphatic carbocycles. The van der Waals surface area contributed by atoms with E-state index in [2.05, 4.69) is 54.9 Å². The first-order valence-electron chi connectivity index (χ1n) is 8.15. The molecule has 1 saturated heterocycles. The van der Waals surface area contributed by atoms with Gasteiger partial charge in [-0.1, -0.05) is 0 Å². The predicted octanol–water partition coefficient (Wildman–Crippen LogP) is 1.89. The van der Waals surface area contributed by atoms with Crippen LogP contribution in [0, 0.1) is 3.70 Å². The molecule has 10 heteroatoms. The maximum absolute atomic E-state index is 12.3. The zero-order valence-corrected chi connectivity index (χ0v) is 17.7. The van der Waals surface area contributed by atoms with Gasteiger partial charge >= 0.3 is 0 Å². The van der Waals surface area contributed by atoms with Crippen LogP contribution in [0.4, 0.5) is 5.82 Å². The number of amides is 1. The summed E-state index contributed by atoms with van der Waals surface area (Å²) in [6.45, 7) is 2.00. The summed E-state index contributed by atoms with van der Waals surface area (Å²) >= 11 is 2.09. The zero-order chi connectivity index (χ0) is 17.8. The molecule has 8 nitrogen and oxygen atoms in total. The van der Waals surface area contributed by atoms with Gasteiger partial charge < -0.3 is 15.0 Å². The molecule has 0 aromatic carbocycles. The average molecular weight is 493 g/mol. The van der Waals surface area contributed by atoms with Gasteiger partial charge in [-0.15, -0.1) is 12.4 Å². The first-order chi connectivity index (χ1) is 12.0. The van der Waals surface area contributed by atoms with Crippen LogP contribution in [-0.2, 0) is 18.3 Å². The van der Waals surface area contributed by atoms with Gasteiger partial charge in [-0.3, -0.25) is 9.48 Å². The van der Waals surface area contributed by atoms with E-state index in [0.717, 1.165) is 29.6 Å². The number of aryl methyl sites for hydroxylation is 1. The Labute approximate surface area is 172 Å². The van der Waals surface area contributed by atoms with Gasteiger partial charge in [0.25, 0.3) is 0 Å². The van der Waals surface area contributed by atoms with Crippen molar-refractivity contribution in [3.63, 3.8) is 0 Å². The average Bonchev–Trinajstić information content (AvgIpc) is 2.97. The van der Waals surface area contributed by atoms with Crippen molar-refractivity contribution in [3.8, 4) is 5.88 Å². The van der Waals surface area contributed by atoms with Crippen molar-refractivity contribution < 1.29 is 9.53 Å². The summed E-state index contributed by atoms with van der Waals surface area (Å²) in [7, 11) is 3.91. The Bertz CT molecular complexity index is 748. The fourth-order valence-corrected chi connectivity index (χ4v) is 3.12. The third kappa shape index (κ3) is 5.78. The zero-order valence-electron chi connectivity index (χ0n) is 14.7. The van der Waals surface area contributed by atoms with E-state index in [0.29, 0.717) is 17.4 Å². The Morgan fingerprint density at radius 2 is 2.12 bits per heavy atom. The van der Waals surface area contributed by atoms with Crippen molar-refractivity contribution >= 4 is 46.7 Å². The van der Waals surface area contributed by atoms with Gasteiger partial charge in [0.1, 0.15) is 15.5 Å². The summed E-state index contributed by atoms with van der Waals surface area (Å²) < 4.78 is 8.41. The van der Waals surface area contributed by atoms with Crippen LogP contribution in [0.25, 0.3) is 0 Å². The lowest BCUT2D eigenvalue weighted by Crippen LogP contribution is -2.36. The Kier molecular flexibility index (Phi) is 7.59. The number of rotatable bonds is 5. The van der Waals surface area contributed by atoms with Gasteiger partial charge in [-0.2, -0.15) is 5.10 Å². The molecule has 0 spiro atoms. The maximum Gasteiger partial charge on any atom is 0.236 e. The number of ether oxygens (including phenoxy) is 1. The molecule has 1 aliphatic rings. The highest BCUT2D eigenvalue weighted by Gasteiger charge is 2.21. The van der Waals surface area contributed by atoms with E-state index in [1.165, 1.54) is 0 Å². The third-order valence-corrected chi connectivity index (χ3v) is 4.55. The van der Waals surface area contributed by atoms with Gasteiger partial charge in [0.05, 0.1) is 12.6 Å². The first-order valence-corrected chi connectivity index (χ1v) is 9.23. The third-order valence-electron chi connectivity index (χ3n) is 4.03. The van der Waals surface area contributed by atoms with Gasteiger partial charge in [0, 0.05) is 32.4 Å². The van der Waals surface area contributed by atoms with Crippen molar-refractivity contribution in [1.82, 2.24) is 24.6 Å². The van der Waals surface area contributed by atoms with Gasteiger partial charge in [0.15, 0.2) is 5.82 Å². The summed E-state index contributed by atoms with van der Waals surface area (Å²) in [4.78, 5) is 23.4. The number of aromatic nitrogens is 4. The minimum absolute atomic E-state index is 0. The van der Waals surface area contributed by atoms with Crippen LogP contribution in [-0.4, -0.2) is 56.8 Å². The molecule has 0 atom stereocenters. The van der Waals surface area contributed by atoms with E-state index in [4.69, 9.17) is 4.74 Å². The number of hydrogen-bond acceptors (Lipinski definition) is 6. The molecule has 1 fully saturated rings. The summed E-state index contributed by atoms with van der Waals surface area (Å²) in [5.74, 6) is 0.776.